The van der Waals surface area contributed by atoms with Crippen LogP contribution in [-0.4, -0.2) is 12.6 Å². The summed E-state index contributed by atoms with van der Waals surface area (Å²) in [6, 6.07) is 2.89. The van der Waals surface area contributed by atoms with E-state index in [2.05, 4.69) is 15.9 Å². The van der Waals surface area contributed by atoms with Crippen LogP contribution >= 0.6 is 15.9 Å². The number of benzene rings is 1. The van der Waals surface area contributed by atoms with Gasteiger partial charge >= 0.3 is 5.97 Å². The Bertz CT molecular complexity index is 562. The number of ether oxygens (including phenoxy) is 1. The lowest BCUT2D eigenvalue weighted by Gasteiger charge is -2.00. The summed E-state index contributed by atoms with van der Waals surface area (Å²) < 4.78 is 23.6. The molecule has 3 nitrogen and oxygen atoms in total. The van der Waals surface area contributed by atoms with Gasteiger partial charge in [-0.3, -0.25) is 4.79 Å². The SMILES string of the molecule is CCOC(=O)Cc1coc2cc(F)c(Br)cc12. The minimum atomic E-state index is -0.394. The number of furan rings is 1. The summed E-state index contributed by atoms with van der Waals surface area (Å²) in [5, 5.41) is 0.714. The van der Waals surface area contributed by atoms with Crippen LogP contribution in [0.15, 0.2) is 27.3 Å². The van der Waals surface area contributed by atoms with E-state index in [1.54, 1.807) is 13.0 Å². The standard InChI is InChI=1S/C12H10BrFO3/c1-2-16-12(15)3-7-6-17-11-5-10(14)9(13)4-8(7)11/h4-6H,2-3H2,1H3. The Morgan fingerprint density at radius 2 is 2.29 bits per heavy atom. The van der Waals surface area contributed by atoms with Crippen LogP contribution in [0.1, 0.15) is 12.5 Å². The second-order valence-corrected chi connectivity index (χ2v) is 4.36. The van der Waals surface area contributed by atoms with Crippen molar-refractivity contribution in [2.24, 2.45) is 0 Å². The minimum absolute atomic E-state index is 0.124. The fourth-order valence-corrected chi connectivity index (χ4v) is 1.92. The van der Waals surface area contributed by atoms with Crippen molar-refractivity contribution in [3.05, 3.63) is 34.2 Å². The number of esters is 1. The van der Waals surface area contributed by atoms with E-state index in [1.807, 2.05) is 0 Å². The van der Waals surface area contributed by atoms with Crippen molar-refractivity contribution in [3.63, 3.8) is 0 Å². The summed E-state index contributed by atoms with van der Waals surface area (Å²) in [4.78, 5) is 11.4. The van der Waals surface area contributed by atoms with Crippen molar-refractivity contribution in [1.82, 2.24) is 0 Å². The zero-order chi connectivity index (χ0) is 12.4. The first kappa shape index (κ1) is 12.1. The first-order valence-electron chi connectivity index (χ1n) is 5.12. The minimum Gasteiger partial charge on any atom is -0.466 e. The molecule has 0 unspecified atom stereocenters. The molecule has 0 spiro atoms. The van der Waals surface area contributed by atoms with E-state index in [-0.39, 0.29) is 12.4 Å². The molecule has 0 N–H and O–H groups in total. The number of halogens is 2. The Morgan fingerprint density at radius 1 is 1.53 bits per heavy atom. The lowest BCUT2D eigenvalue weighted by Crippen LogP contribution is -2.06. The molecule has 0 aliphatic heterocycles. The van der Waals surface area contributed by atoms with Gasteiger partial charge in [-0.05, 0) is 28.9 Å². The van der Waals surface area contributed by atoms with E-state index in [9.17, 15) is 9.18 Å². The quantitative estimate of drug-likeness (QED) is 0.815. The topological polar surface area (TPSA) is 39.4 Å². The number of carbonyl (C=O) groups is 1. The van der Waals surface area contributed by atoms with Crippen LogP contribution in [0.2, 0.25) is 0 Å². The van der Waals surface area contributed by atoms with Gasteiger partial charge in [0.25, 0.3) is 0 Å². The van der Waals surface area contributed by atoms with Gasteiger partial charge in [0.2, 0.25) is 0 Å². The van der Waals surface area contributed by atoms with Gasteiger partial charge in [0, 0.05) is 17.0 Å². The fraction of sp³-hybridized carbons (Fsp3) is 0.250. The van der Waals surface area contributed by atoms with Gasteiger partial charge in [0.1, 0.15) is 11.4 Å². The molecule has 90 valence electrons. The molecule has 0 bridgehead atoms. The molecule has 1 aromatic carbocycles. The molecule has 2 rings (SSSR count). The first-order valence-corrected chi connectivity index (χ1v) is 5.92. The predicted octanol–water partition coefficient (Wildman–Crippen LogP) is 3.44. The van der Waals surface area contributed by atoms with Crippen molar-refractivity contribution >= 4 is 32.9 Å². The van der Waals surface area contributed by atoms with E-state index in [0.717, 1.165) is 0 Å². The van der Waals surface area contributed by atoms with Gasteiger partial charge < -0.3 is 9.15 Å². The summed E-state index contributed by atoms with van der Waals surface area (Å²) >= 11 is 3.10. The Balaban J connectivity index is 2.36. The Labute approximate surface area is 106 Å². The van der Waals surface area contributed by atoms with Crippen molar-refractivity contribution in [3.8, 4) is 0 Å². The molecule has 5 heteroatoms. The lowest BCUT2D eigenvalue weighted by atomic mass is 10.1. The maximum absolute atomic E-state index is 13.2. The molecule has 1 heterocycles. The summed E-state index contributed by atoms with van der Waals surface area (Å²) in [6.45, 7) is 2.09. The van der Waals surface area contributed by atoms with Gasteiger partial charge in [-0.1, -0.05) is 0 Å². The predicted molar refractivity (Wildman–Crippen MR) is 64.2 cm³/mol. The first-order chi connectivity index (χ1) is 8.11. The van der Waals surface area contributed by atoms with Crippen molar-refractivity contribution < 1.29 is 18.3 Å². The highest BCUT2D eigenvalue weighted by molar-refractivity contribution is 9.10. The summed E-state index contributed by atoms with van der Waals surface area (Å²) in [6.07, 6.45) is 1.58. The van der Waals surface area contributed by atoms with E-state index in [0.29, 0.717) is 27.6 Å². The van der Waals surface area contributed by atoms with E-state index in [4.69, 9.17) is 9.15 Å². The third kappa shape index (κ3) is 2.49. The Morgan fingerprint density at radius 3 is 3.00 bits per heavy atom. The molecule has 0 radical (unpaired) electrons. The maximum atomic E-state index is 13.2. The van der Waals surface area contributed by atoms with Crippen LogP contribution in [-0.2, 0) is 16.0 Å². The van der Waals surface area contributed by atoms with Crippen LogP contribution in [0.5, 0.6) is 0 Å². The largest absolute Gasteiger partial charge is 0.466 e. The number of hydrogen-bond donors (Lipinski definition) is 0. The highest BCUT2D eigenvalue weighted by Crippen LogP contribution is 2.27. The summed E-state index contributed by atoms with van der Waals surface area (Å²) in [5.41, 5.74) is 1.11. The van der Waals surface area contributed by atoms with Crippen LogP contribution in [0, 0.1) is 5.82 Å². The molecule has 1 aromatic heterocycles. The van der Waals surface area contributed by atoms with Crippen LogP contribution in [0.25, 0.3) is 11.0 Å². The molecule has 2 aromatic rings. The molecule has 0 fully saturated rings. The molecule has 0 aliphatic rings. The average molecular weight is 301 g/mol. The van der Waals surface area contributed by atoms with Gasteiger partial charge in [-0.25, -0.2) is 4.39 Å². The highest BCUT2D eigenvalue weighted by atomic mass is 79.9. The fourth-order valence-electron chi connectivity index (χ4n) is 1.58. The van der Waals surface area contributed by atoms with Crippen molar-refractivity contribution in [2.45, 2.75) is 13.3 Å². The van der Waals surface area contributed by atoms with E-state index in [1.165, 1.54) is 12.3 Å². The normalized spacial score (nSPS) is 10.8. The molecular formula is C12H10BrFO3. The second kappa shape index (κ2) is 4.87. The van der Waals surface area contributed by atoms with Crippen LogP contribution in [0.4, 0.5) is 4.39 Å². The zero-order valence-electron chi connectivity index (χ0n) is 9.13. The molecule has 17 heavy (non-hydrogen) atoms. The molecule has 0 aliphatic carbocycles. The van der Waals surface area contributed by atoms with Crippen molar-refractivity contribution in [2.75, 3.05) is 6.61 Å². The Kier molecular flexibility index (Phi) is 3.47. The Hall–Kier alpha value is -1.36. The van der Waals surface area contributed by atoms with Gasteiger partial charge in [0.15, 0.2) is 0 Å². The van der Waals surface area contributed by atoms with E-state index < -0.39 is 5.82 Å². The van der Waals surface area contributed by atoms with E-state index >= 15 is 0 Å². The summed E-state index contributed by atoms with van der Waals surface area (Å²) in [5.74, 6) is -0.717. The monoisotopic (exact) mass is 300 g/mol. The number of carbonyl (C=O) groups excluding carboxylic acids is 1. The number of fused-ring (bicyclic) bond motifs is 1. The zero-order valence-corrected chi connectivity index (χ0v) is 10.7. The van der Waals surface area contributed by atoms with Gasteiger partial charge in [-0.2, -0.15) is 0 Å². The highest BCUT2D eigenvalue weighted by Gasteiger charge is 2.13. The molecule has 0 amide bonds. The second-order valence-electron chi connectivity index (χ2n) is 3.51. The van der Waals surface area contributed by atoms with Gasteiger partial charge in [0.05, 0.1) is 23.8 Å². The van der Waals surface area contributed by atoms with Gasteiger partial charge in [-0.15, -0.1) is 0 Å². The summed E-state index contributed by atoms with van der Waals surface area (Å²) in [7, 11) is 0. The third-order valence-corrected chi connectivity index (χ3v) is 2.94. The van der Waals surface area contributed by atoms with Crippen LogP contribution in [0.3, 0.4) is 0 Å². The lowest BCUT2D eigenvalue weighted by molar-refractivity contribution is -0.142. The number of hydrogen-bond acceptors (Lipinski definition) is 3. The molecule has 0 saturated carbocycles. The maximum Gasteiger partial charge on any atom is 0.310 e. The molecule has 0 saturated heterocycles. The third-order valence-electron chi connectivity index (χ3n) is 2.34. The molecule has 0 atom stereocenters. The average Bonchev–Trinajstić information content (AvgIpc) is 2.63. The number of rotatable bonds is 3. The van der Waals surface area contributed by atoms with Crippen molar-refractivity contribution in [1.29, 1.82) is 0 Å². The smallest absolute Gasteiger partial charge is 0.310 e. The van der Waals surface area contributed by atoms with Crippen LogP contribution < -0.4 is 0 Å². The molecular weight excluding hydrogens is 291 g/mol.